The summed E-state index contributed by atoms with van der Waals surface area (Å²) < 4.78 is 12.5. The van der Waals surface area contributed by atoms with Gasteiger partial charge in [-0.2, -0.15) is 5.10 Å². The van der Waals surface area contributed by atoms with Crippen molar-refractivity contribution in [3.63, 3.8) is 0 Å². The summed E-state index contributed by atoms with van der Waals surface area (Å²) >= 11 is 0. The van der Waals surface area contributed by atoms with Crippen LogP contribution in [0.5, 0.6) is 11.5 Å². The lowest BCUT2D eigenvalue weighted by Crippen LogP contribution is -2.50. The smallest absolute Gasteiger partial charge is 0.272 e. The van der Waals surface area contributed by atoms with Gasteiger partial charge < -0.3 is 14.4 Å². The number of amides is 1. The van der Waals surface area contributed by atoms with E-state index in [2.05, 4.69) is 58.5 Å². The van der Waals surface area contributed by atoms with Gasteiger partial charge in [0.15, 0.2) is 0 Å². The third kappa shape index (κ3) is 5.08. The van der Waals surface area contributed by atoms with E-state index in [9.17, 15) is 4.79 Å². The summed E-state index contributed by atoms with van der Waals surface area (Å²) in [5, 5.41) is 4.62. The minimum Gasteiger partial charge on any atom is -0.497 e. The SMILES string of the molecule is COc1ccc(-c2cc(C(=O)N3CCN(C(c4ccccc4)c4ccccc4)CC3)n(C)n2)c(OC)c1. The van der Waals surface area contributed by atoms with Crippen molar-refractivity contribution < 1.29 is 14.3 Å². The van der Waals surface area contributed by atoms with E-state index in [-0.39, 0.29) is 11.9 Å². The molecule has 7 nitrogen and oxygen atoms in total. The Labute approximate surface area is 217 Å². The number of aryl methyl sites for hydroxylation is 1. The predicted octanol–water partition coefficient (Wildman–Crippen LogP) is 4.65. The Morgan fingerprint density at radius 2 is 1.43 bits per heavy atom. The molecule has 2 heterocycles. The number of nitrogens with zero attached hydrogens (tertiary/aromatic N) is 4. The number of benzene rings is 3. The molecule has 1 saturated heterocycles. The number of ether oxygens (including phenoxy) is 2. The molecular formula is C30H32N4O3. The molecule has 0 saturated carbocycles. The molecule has 4 aromatic rings. The first-order chi connectivity index (χ1) is 18.1. The van der Waals surface area contributed by atoms with Crippen LogP contribution >= 0.6 is 0 Å². The maximum absolute atomic E-state index is 13.5. The first-order valence-corrected chi connectivity index (χ1v) is 12.5. The van der Waals surface area contributed by atoms with Gasteiger partial charge in [-0.3, -0.25) is 14.4 Å². The van der Waals surface area contributed by atoms with E-state index in [1.165, 1.54) is 11.1 Å². The van der Waals surface area contributed by atoms with Gasteiger partial charge in [-0.15, -0.1) is 0 Å². The summed E-state index contributed by atoms with van der Waals surface area (Å²) in [6.07, 6.45) is 0. The van der Waals surface area contributed by atoms with Crippen molar-refractivity contribution in [1.29, 1.82) is 0 Å². The molecule has 0 atom stereocenters. The Hall–Kier alpha value is -4.10. The number of hydrogen-bond donors (Lipinski definition) is 0. The Morgan fingerprint density at radius 1 is 0.811 bits per heavy atom. The van der Waals surface area contributed by atoms with Crippen LogP contribution in [0.25, 0.3) is 11.3 Å². The second-order valence-corrected chi connectivity index (χ2v) is 9.16. The molecule has 0 spiro atoms. The highest BCUT2D eigenvalue weighted by molar-refractivity contribution is 5.94. The van der Waals surface area contributed by atoms with Gasteiger partial charge in [0.2, 0.25) is 0 Å². The van der Waals surface area contributed by atoms with Crippen LogP contribution in [0.4, 0.5) is 0 Å². The Morgan fingerprint density at radius 3 is 2.00 bits per heavy atom. The number of hydrogen-bond acceptors (Lipinski definition) is 5. The molecule has 1 fully saturated rings. The number of rotatable bonds is 7. The van der Waals surface area contributed by atoms with E-state index in [0.717, 1.165) is 18.7 Å². The van der Waals surface area contributed by atoms with Crippen molar-refractivity contribution in [1.82, 2.24) is 19.6 Å². The largest absolute Gasteiger partial charge is 0.497 e. The topological polar surface area (TPSA) is 59.8 Å². The molecule has 1 aromatic heterocycles. The molecule has 190 valence electrons. The summed E-state index contributed by atoms with van der Waals surface area (Å²) in [7, 11) is 5.04. The van der Waals surface area contributed by atoms with Crippen molar-refractivity contribution in [2.75, 3.05) is 40.4 Å². The third-order valence-electron chi connectivity index (χ3n) is 6.98. The first-order valence-electron chi connectivity index (χ1n) is 12.5. The van der Waals surface area contributed by atoms with E-state index in [4.69, 9.17) is 9.47 Å². The van der Waals surface area contributed by atoms with Gasteiger partial charge in [0.05, 0.1) is 26.0 Å². The van der Waals surface area contributed by atoms with Crippen LogP contribution in [-0.2, 0) is 7.05 Å². The number of methoxy groups -OCH3 is 2. The van der Waals surface area contributed by atoms with E-state index < -0.39 is 0 Å². The van der Waals surface area contributed by atoms with Gasteiger partial charge in [0.1, 0.15) is 17.2 Å². The fourth-order valence-electron chi connectivity index (χ4n) is 5.04. The average Bonchev–Trinajstić information content (AvgIpc) is 3.35. The lowest BCUT2D eigenvalue weighted by molar-refractivity contribution is 0.0587. The standard InChI is InChI=1S/C30H32N4O3/c1-32-27(21-26(31-32)25-15-14-24(36-2)20-28(25)37-3)30(35)34-18-16-33(17-19-34)29(22-10-6-4-7-11-22)23-12-8-5-9-13-23/h4-15,20-21,29H,16-19H2,1-3H3. The summed E-state index contributed by atoms with van der Waals surface area (Å²) in [4.78, 5) is 17.9. The van der Waals surface area contributed by atoms with Gasteiger partial charge >= 0.3 is 0 Å². The molecule has 0 unspecified atom stereocenters. The van der Waals surface area contributed by atoms with E-state index in [1.54, 1.807) is 18.9 Å². The molecule has 1 aliphatic heterocycles. The molecule has 0 bridgehead atoms. The first kappa shape index (κ1) is 24.6. The summed E-state index contributed by atoms with van der Waals surface area (Å²) in [6, 6.07) is 28.7. The van der Waals surface area contributed by atoms with Crippen LogP contribution < -0.4 is 9.47 Å². The fraction of sp³-hybridized carbons (Fsp3) is 0.267. The van der Waals surface area contributed by atoms with Gasteiger partial charge in [0.25, 0.3) is 5.91 Å². The van der Waals surface area contributed by atoms with E-state index in [0.29, 0.717) is 36.0 Å². The molecule has 1 aliphatic rings. The number of aromatic nitrogens is 2. The molecular weight excluding hydrogens is 464 g/mol. The fourth-order valence-corrected chi connectivity index (χ4v) is 5.04. The van der Waals surface area contributed by atoms with Gasteiger partial charge in [-0.1, -0.05) is 60.7 Å². The predicted molar refractivity (Wildman–Crippen MR) is 144 cm³/mol. The average molecular weight is 497 g/mol. The third-order valence-corrected chi connectivity index (χ3v) is 6.98. The van der Waals surface area contributed by atoms with Crippen LogP contribution in [0.3, 0.4) is 0 Å². The van der Waals surface area contributed by atoms with Gasteiger partial charge in [-0.05, 0) is 29.3 Å². The lowest BCUT2D eigenvalue weighted by Gasteiger charge is -2.39. The van der Waals surface area contributed by atoms with Crippen LogP contribution in [0.1, 0.15) is 27.7 Å². The maximum Gasteiger partial charge on any atom is 0.272 e. The Bertz CT molecular complexity index is 1310. The second kappa shape index (κ2) is 10.9. The molecule has 1 amide bonds. The summed E-state index contributed by atoms with van der Waals surface area (Å²) in [5.41, 5.74) is 4.59. The highest BCUT2D eigenvalue weighted by Gasteiger charge is 2.30. The lowest BCUT2D eigenvalue weighted by atomic mass is 9.96. The quantitative estimate of drug-likeness (QED) is 0.373. The Kier molecular flexibility index (Phi) is 7.23. The summed E-state index contributed by atoms with van der Waals surface area (Å²) in [6.45, 7) is 2.89. The van der Waals surface area contributed by atoms with Crippen molar-refractivity contribution in [2.45, 2.75) is 6.04 Å². The summed E-state index contributed by atoms with van der Waals surface area (Å²) in [5.74, 6) is 1.34. The van der Waals surface area contributed by atoms with Crippen LogP contribution in [0.15, 0.2) is 84.9 Å². The minimum atomic E-state index is -0.00986. The van der Waals surface area contributed by atoms with Crippen molar-refractivity contribution in [2.24, 2.45) is 7.05 Å². The number of carbonyl (C=O) groups is 1. The zero-order chi connectivity index (χ0) is 25.8. The Balaban J connectivity index is 1.33. The van der Waals surface area contributed by atoms with Crippen LogP contribution in [0, 0.1) is 0 Å². The highest BCUT2D eigenvalue weighted by Crippen LogP contribution is 2.33. The number of piperazine rings is 1. The zero-order valence-electron chi connectivity index (χ0n) is 21.5. The van der Waals surface area contributed by atoms with Gasteiger partial charge in [-0.25, -0.2) is 0 Å². The monoisotopic (exact) mass is 496 g/mol. The molecule has 5 rings (SSSR count). The molecule has 0 N–H and O–H groups in total. The molecule has 3 aromatic carbocycles. The van der Waals surface area contributed by atoms with E-state index in [1.807, 2.05) is 48.3 Å². The molecule has 0 aliphatic carbocycles. The van der Waals surface area contributed by atoms with E-state index >= 15 is 0 Å². The molecule has 0 radical (unpaired) electrons. The molecule has 7 heteroatoms. The van der Waals surface area contributed by atoms with Crippen LogP contribution in [-0.4, -0.2) is 65.9 Å². The minimum absolute atomic E-state index is 0.00986. The van der Waals surface area contributed by atoms with Crippen molar-refractivity contribution >= 4 is 5.91 Å². The van der Waals surface area contributed by atoms with Crippen LogP contribution in [0.2, 0.25) is 0 Å². The highest BCUT2D eigenvalue weighted by atomic mass is 16.5. The number of carbonyl (C=O) groups excluding carboxylic acids is 1. The zero-order valence-corrected chi connectivity index (χ0v) is 21.5. The maximum atomic E-state index is 13.5. The molecule has 37 heavy (non-hydrogen) atoms. The second-order valence-electron chi connectivity index (χ2n) is 9.16. The van der Waals surface area contributed by atoms with Crippen molar-refractivity contribution in [3.05, 3.63) is 102 Å². The normalized spacial score (nSPS) is 14.1. The van der Waals surface area contributed by atoms with Gasteiger partial charge in [0, 0.05) is 44.9 Å². The van der Waals surface area contributed by atoms with Crippen molar-refractivity contribution in [3.8, 4) is 22.8 Å².